The summed E-state index contributed by atoms with van der Waals surface area (Å²) < 4.78 is 27.3. The lowest BCUT2D eigenvalue weighted by atomic mass is 9.96. The van der Waals surface area contributed by atoms with Gasteiger partial charge >= 0.3 is 0 Å². The molecule has 36 heavy (non-hydrogen) atoms. The van der Waals surface area contributed by atoms with Crippen molar-refractivity contribution in [3.63, 3.8) is 0 Å². The van der Waals surface area contributed by atoms with Crippen LogP contribution in [0.3, 0.4) is 0 Å². The minimum atomic E-state index is -1.84. The van der Waals surface area contributed by atoms with Crippen LogP contribution in [0.4, 0.5) is 0 Å². The molecule has 10 N–H and O–H groups in total. The summed E-state index contributed by atoms with van der Waals surface area (Å²) in [6.07, 6.45) is -20.2. The van der Waals surface area contributed by atoms with Crippen LogP contribution in [-0.4, -0.2) is 158 Å². The minimum Gasteiger partial charge on any atom is -0.394 e. The zero-order valence-electron chi connectivity index (χ0n) is 19.4. The van der Waals surface area contributed by atoms with Crippen molar-refractivity contribution in [1.29, 1.82) is 0 Å². The number of aliphatic hydroxyl groups is 9. The molecule has 16 nitrogen and oxygen atoms in total. The number of amides is 1. The highest BCUT2D eigenvalue weighted by atomic mass is 16.7. The fourth-order valence-corrected chi connectivity index (χ4v) is 4.43. The predicted octanol–water partition coefficient (Wildman–Crippen LogP) is -6.40. The molecule has 14 atom stereocenters. The highest BCUT2D eigenvalue weighted by molar-refractivity contribution is 5.73. The van der Waals surface area contributed by atoms with E-state index in [0.717, 1.165) is 0 Å². The van der Waals surface area contributed by atoms with Gasteiger partial charge in [-0.1, -0.05) is 0 Å². The maximum absolute atomic E-state index is 11.6. The monoisotopic (exact) mass is 529 g/mol. The molecule has 0 unspecified atom stereocenters. The largest absolute Gasteiger partial charge is 0.394 e. The topological polar surface area (TPSA) is 257 Å². The molecule has 210 valence electrons. The van der Waals surface area contributed by atoms with Crippen molar-refractivity contribution >= 4 is 5.91 Å². The van der Waals surface area contributed by atoms with Gasteiger partial charge in [0, 0.05) is 13.3 Å². The van der Waals surface area contributed by atoms with Gasteiger partial charge in [-0.2, -0.15) is 0 Å². The van der Waals surface area contributed by atoms with E-state index < -0.39 is 112 Å². The standard InChI is InChI=1S/C20H35NO15/c1-6(25)21-11-8(26)2-7(3-22)32-19(11)36-17-12(27)9(4-23)34-20(15(17)30)35-16-10(5-24)33-18(31)14(29)13(16)28/h7-20,22-24,26-31H,2-5H2,1H3,(H,21,25)/t7-,8-,9+,10+,11+,12-,13+,14+,15+,16-,17-,18+,19-,20+/m0/s1. The smallest absolute Gasteiger partial charge is 0.217 e. The first kappa shape index (κ1) is 29.5. The van der Waals surface area contributed by atoms with E-state index in [-0.39, 0.29) is 6.42 Å². The molecule has 0 bridgehead atoms. The number of nitrogens with one attached hydrogen (secondary N) is 1. The Hall–Kier alpha value is -1.09. The normalized spacial score (nSPS) is 47.9. The van der Waals surface area contributed by atoms with Gasteiger partial charge in [0.1, 0.15) is 54.9 Å². The van der Waals surface area contributed by atoms with Crippen molar-refractivity contribution in [2.24, 2.45) is 0 Å². The second kappa shape index (κ2) is 12.6. The van der Waals surface area contributed by atoms with Gasteiger partial charge in [0.2, 0.25) is 5.91 Å². The van der Waals surface area contributed by atoms with Crippen LogP contribution in [0.15, 0.2) is 0 Å². The Labute approximate surface area is 205 Å². The molecule has 3 aliphatic heterocycles. The molecule has 0 aromatic heterocycles. The van der Waals surface area contributed by atoms with Crippen LogP contribution in [0.25, 0.3) is 0 Å². The van der Waals surface area contributed by atoms with E-state index in [1.54, 1.807) is 0 Å². The number of hydrogen-bond acceptors (Lipinski definition) is 15. The van der Waals surface area contributed by atoms with Crippen LogP contribution in [0.1, 0.15) is 13.3 Å². The highest BCUT2D eigenvalue weighted by Crippen LogP contribution is 2.32. The number of rotatable bonds is 8. The van der Waals surface area contributed by atoms with Crippen LogP contribution >= 0.6 is 0 Å². The fraction of sp³-hybridized carbons (Fsp3) is 0.950. The third kappa shape index (κ3) is 6.30. The van der Waals surface area contributed by atoms with Gasteiger partial charge in [0.25, 0.3) is 0 Å². The molecule has 0 aliphatic carbocycles. The van der Waals surface area contributed by atoms with E-state index >= 15 is 0 Å². The maximum atomic E-state index is 11.6. The molecule has 0 aromatic rings. The summed E-state index contributed by atoms with van der Waals surface area (Å²) in [5, 5.41) is 93.1. The molecular weight excluding hydrogens is 494 g/mol. The Morgan fingerprint density at radius 3 is 2.00 bits per heavy atom. The summed E-state index contributed by atoms with van der Waals surface area (Å²) in [5.41, 5.74) is 0. The molecule has 0 spiro atoms. The van der Waals surface area contributed by atoms with Crippen LogP contribution < -0.4 is 5.32 Å². The molecule has 16 heteroatoms. The zero-order chi connectivity index (χ0) is 26.7. The predicted molar refractivity (Wildman–Crippen MR) is 111 cm³/mol. The SMILES string of the molecule is CC(=O)N[C@H]1[C@H](O[C@H]2[C@@H](O)[C@@H](CO)O[C@H](O[C@@H]3[C@H](O)[C@@H](O)[C@H](O)O[C@@H]3CO)[C@@H]2O)O[C@H](CO)C[C@@H]1O. The number of aliphatic hydroxyl groups excluding tert-OH is 9. The van der Waals surface area contributed by atoms with E-state index in [9.17, 15) is 50.8 Å². The van der Waals surface area contributed by atoms with E-state index in [2.05, 4.69) is 5.32 Å². The van der Waals surface area contributed by atoms with E-state index in [0.29, 0.717) is 0 Å². The van der Waals surface area contributed by atoms with E-state index in [1.807, 2.05) is 0 Å². The number of hydrogen-bond donors (Lipinski definition) is 10. The van der Waals surface area contributed by atoms with Gasteiger partial charge < -0.3 is 75.0 Å². The molecule has 0 radical (unpaired) electrons. The van der Waals surface area contributed by atoms with Crippen LogP contribution in [0.2, 0.25) is 0 Å². The molecule has 1 amide bonds. The van der Waals surface area contributed by atoms with Crippen LogP contribution in [0, 0.1) is 0 Å². The number of carbonyl (C=O) groups is 1. The third-order valence-corrected chi connectivity index (χ3v) is 6.36. The lowest BCUT2D eigenvalue weighted by Crippen LogP contribution is -2.66. The van der Waals surface area contributed by atoms with Crippen molar-refractivity contribution in [1.82, 2.24) is 5.32 Å². The molecular formula is C20H35NO15. The molecule has 0 aromatic carbocycles. The first-order valence-electron chi connectivity index (χ1n) is 11.5. The number of ether oxygens (including phenoxy) is 5. The molecule has 3 aliphatic rings. The lowest BCUT2D eigenvalue weighted by Gasteiger charge is -2.48. The Bertz CT molecular complexity index is 715. The van der Waals surface area contributed by atoms with Crippen molar-refractivity contribution in [2.75, 3.05) is 19.8 Å². The summed E-state index contributed by atoms with van der Waals surface area (Å²) in [6, 6.07) is -1.15. The Morgan fingerprint density at radius 1 is 0.778 bits per heavy atom. The molecule has 0 saturated carbocycles. The molecule has 3 rings (SSSR count). The lowest BCUT2D eigenvalue weighted by molar-refractivity contribution is -0.370. The zero-order valence-corrected chi connectivity index (χ0v) is 19.4. The second-order valence-electron chi connectivity index (χ2n) is 8.98. The van der Waals surface area contributed by atoms with Gasteiger partial charge in [0.15, 0.2) is 18.9 Å². The first-order chi connectivity index (χ1) is 17.0. The quantitative estimate of drug-likeness (QED) is 0.140. The van der Waals surface area contributed by atoms with Crippen LogP contribution in [-0.2, 0) is 28.5 Å². The summed E-state index contributed by atoms with van der Waals surface area (Å²) in [7, 11) is 0. The van der Waals surface area contributed by atoms with Gasteiger partial charge in [0.05, 0.1) is 32.0 Å². The Morgan fingerprint density at radius 2 is 1.42 bits per heavy atom. The maximum Gasteiger partial charge on any atom is 0.217 e. The summed E-state index contributed by atoms with van der Waals surface area (Å²) in [4.78, 5) is 11.6. The Balaban J connectivity index is 1.81. The summed E-state index contributed by atoms with van der Waals surface area (Å²) >= 11 is 0. The van der Waals surface area contributed by atoms with E-state index in [1.165, 1.54) is 6.92 Å². The van der Waals surface area contributed by atoms with Gasteiger partial charge in [-0.3, -0.25) is 4.79 Å². The van der Waals surface area contributed by atoms with Gasteiger partial charge in [-0.25, -0.2) is 0 Å². The summed E-state index contributed by atoms with van der Waals surface area (Å²) in [6.45, 7) is -0.838. The number of carbonyl (C=O) groups excluding carboxylic acids is 1. The van der Waals surface area contributed by atoms with Crippen molar-refractivity contribution in [2.45, 2.75) is 99.3 Å². The summed E-state index contributed by atoms with van der Waals surface area (Å²) in [5.74, 6) is -0.539. The van der Waals surface area contributed by atoms with Crippen molar-refractivity contribution < 1.29 is 74.4 Å². The first-order valence-corrected chi connectivity index (χ1v) is 11.5. The fourth-order valence-electron chi connectivity index (χ4n) is 4.43. The Kier molecular flexibility index (Phi) is 10.3. The minimum absolute atomic E-state index is 0.0402. The van der Waals surface area contributed by atoms with E-state index in [4.69, 9.17) is 23.7 Å². The second-order valence-corrected chi connectivity index (χ2v) is 8.98. The van der Waals surface area contributed by atoms with Crippen molar-refractivity contribution in [3.05, 3.63) is 0 Å². The van der Waals surface area contributed by atoms with Gasteiger partial charge in [-0.05, 0) is 0 Å². The van der Waals surface area contributed by atoms with Crippen LogP contribution in [0.5, 0.6) is 0 Å². The molecule has 3 saturated heterocycles. The van der Waals surface area contributed by atoms with Crippen molar-refractivity contribution in [3.8, 4) is 0 Å². The highest BCUT2D eigenvalue weighted by Gasteiger charge is 2.52. The molecule has 3 heterocycles. The average Bonchev–Trinajstić information content (AvgIpc) is 2.84. The molecule has 3 fully saturated rings. The average molecular weight is 529 g/mol. The van der Waals surface area contributed by atoms with Gasteiger partial charge in [-0.15, -0.1) is 0 Å². The third-order valence-electron chi connectivity index (χ3n) is 6.36.